The van der Waals surface area contributed by atoms with E-state index in [2.05, 4.69) is 5.32 Å². The summed E-state index contributed by atoms with van der Waals surface area (Å²) in [7, 11) is 1.31. The molecule has 6 nitrogen and oxygen atoms in total. The molecule has 1 N–H and O–H groups in total. The number of methoxy groups -OCH3 is 1. The average Bonchev–Trinajstić information content (AvgIpc) is 3.20. The molecular formula is C25H21ClN2O4S. The lowest BCUT2D eigenvalue weighted by atomic mass is 10.1. The highest BCUT2D eigenvalue weighted by Crippen LogP contribution is 2.39. The second-order valence-corrected chi connectivity index (χ2v) is 8.96. The number of carbonyl (C=O) groups is 3. The highest BCUT2D eigenvalue weighted by molar-refractivity contribution is 8.00. The highest BCUT2D eigenvalue weighted by Gasteiger charge is 2.32. The minimum absolute atomic E-state index is 0.0762. The molecule has 0 bridgehead atoms. The molecule has 0 aliphatic carbocycles. The van der Waals surface area contributed by atoms with E-state index in [0.29, 0.717) is 34.1 Å². The number of anilines is 1. The Bertz CT molecular complexity index is 1180. The van der Waals surface area contributed by atoms with Gasteiger partial charge in [0.25, 0.3) is 5.91 Å². The molecule has 1 unspecified atom stereocenters. The van der Waals surface area contributed by atoms with Crippen LogP contribution in [0.2, 0.25) is 5.02 Å². The van der Waals surface area contributed by atoms with Gasteiger partial charge < -0.3 is 15.0 Å². The predicted molar refractivity (Wildman–Crippen MR) is 129 cm³/mol. The Morgan fingerprint density at radius 1 is 1.06 bits per heavy atom. The first kappa shape index (κ1) is 22.9. The lowest BCUT2D eigenvalue weighted by Crippen LogP contribution is -2.27. The summed E-state index contributed by atoms with van der Waals surface area (Å²) in [5.74, 6) is -0.275. The third-order valence-corrected chi connectivity index (χ3v) is 6.74. The maximum absolute atomic E-state index is 12.7. The van der Waals surface area contributed by atoms with Gasteiger partial charge in [-0.2, -0.15) is 0 Å². The summed E-state index contributed by atoms with van der Waals surface area (Å²) in [6.07, 6.45) is 0. The molecule has 0 radical (unpaired) electrons. The van der Waals surface area contributed by atoms with Gasteiger partial charge in [0.1, 0.15) is 5.37 Å². The molecule has 168 valence electrons. The fraction of sp³-hybridized carbons (Fsp3) is 0.160. The maximum atomic E-state index is 12.7. The van der Waals surface area contributed by atoms with E-state index in [1.165, 1.54) is 7.11 Å². The van der Waals surface area contributed by atoms with E-state index < -0.39 is 5.97 Å². The fourth-order valence-corrected chi connectivity index (χ4v) is 4.85. The number of thioether (sulfide) groups is 1. The summed E-state index contributed by atoms with van der Waals surface area (Å²) >= 11 is 7.53. The molecule has 1 fully saturated rings. The third kappa shape index (κ3) is 5.38. The number of nitrogens with zero attached hydrogens (tertiary/aromatic N) is 1. The summed E-state index contributed by atoms with van der Waals surface area (Å²) in [5.41, 5.74) is 3.28. The molecule has 1 heterocycles. The van der Waals surface area contributed by atoms with E-state index in [1.54, 1.807) is 48.2 Å². The van der Waals surface area contributed by atoms with Crippen molar-refractivity contribution in [3.63, 3.8) is 0 Å². The number of rotatable bonds is 6. The molecule has 4 rings (SSSR count). The standard InChI is InChI=1S/C25H21ClN2O4S/c1-32-25(31)19-3-2-4-21(13-19)27-23(30)17-7-9-18(10-8-17)24-28(22(29)15-33-24)14-16-5-11-20(26)12-6-16/h2-13,24H,14-15H2,1H3,(H,27,30). The highest BCUT2D eigenvalue weighted by atomic mass is 35.5. The zero-order valence-corrected chi connectivity index (χ0v) is 19.4. The Kier molecular flexibility index (Phi) is 7.01. The van der Waals surface area contributed by atoms with Crippen LogP contribution in [-0.2, 0) is 16.1 Å². The number of halogens is 1. The van der Waals surface area contributed by atoms with E-state index >= 15 is 0 Å². The molecule has 1 saturated heterocycles. The second kappa shape index (κ2) is 10.1. The Morgan fingerprint density at radius 3 is 2.48 bits per heavy atom. The topological polar surface area (TPSA) is 75.7 Å². The van der Waals surface area contributed by atoms with Crippen LogP contribution >= 0.6 is 23.4 Å². The molecule has 0 saturated carbocycles. The number of hydrogen-bond donors (Lipinski definition) is 1. The molecule has 1 aliphatic heterocycles. The molecule has 0 spiro atoms. The van der Waals surface area contributed by atoms with Gasteiger partial charge in [0.2, 0.25) is 5.91 Å². The van der Waals surface area contributed by atoms with Gasteiger partial charge in [-0.1, -0.05) is 41.9 Å². The summed E-state index contributed by atoms with van der Waals surface area (Å²) in [6, 6.07) is 21.2. The molecule has 1 atom stereocenters. The lowest BCUT2D eigenvalue weighted by Gasteiger charge is -2.24. The van der Waals surface area contributed by atoms with E-state index in [0.717, 1.165) is 11.1 Å². The lowest BCUT2D eigenvalue weighted by molar-refractivity contribution is -0.128. The first-order valence-electron chi connectivity index (χ1n) is 10.2. The van der Waals surface area contributed by atoms with Crippen molar-refractivity contribution < 1.29 is 19.1 Å². The zero-order chi connectivity index (χ0) is 23.4. The van der Waals surface area contributed by atoms with Gasteiger partial charge in [-0.05, 0) is 53.6 Å². The van der Waals surface area contributed by atoms with Crippen LogP contribution in [0.15, 0.2) is 72.8 Å². The number of nitrogens with one attached hydrogen (secondary N) is 1. The van der Waals surface area contributed by atoms with Crippen LogP contribution in [-0.4, -0.2) is 35.5 Å². The Labute approximate surface area is 200 Å². The molecule has 8 heteroatoms. The van der Waals surface area contributed by atoms with E-state index in [9.17, 15) is 14.4 Å². The second-order valence-electron chi connectivity index (χ2n) is 7.46. The van der Waals surface area contributed by atoms with Crippen LogP contribution < -0.4 is 5.32 Å². The summed E-state index contributed by atoms with van der Waals surface area (Å²) in [4.78, 5) is 38.7. The van der Waals surface area contributed by atoms with Crippen LogP contribution in [0.3, 0.4) is 0 Å². The molecule has 3 aromatic carbocycles. The monoisotopic (exact) mass is 480 g/mol. The predicted octanol–water partition coefficient (Wildman–Crippen LogP) is 5.15. The average molecular weight is 481 g/mol. The SMILES string of the molecule is COC(=O)c1cccc(NC(=O)c2ccc(C3SCC(=O)N3Cc3ccc(Cl)cc3)cc2)c1. The minimum atomic E-state index is -0.470. The van der Waals surface area contributed by atoms with Gasteiger partial charge in [0, 0.05) is 22.8 Å². The maximum Gasteiger partial charge on any atom is 0.337 e. The van der Waals surface area contributed by atoms with Crippen LogP contribution in [0.4, 0.5) is 5.69 Å². The molecule has 2 amide bonds. The number of benzene rings is 3. The van der Waals surface area contributed by atoms with Crippen molar-refractivity contribution in [2.75, 3.05) is 18.2 Å². The van der Waals surface area contributed by atoms with Gasteiger partial charge >= 0.3 is 5.97 Å². The van der Waals surface area contributed by atoms with Crippen LogP contribution in [0, 0.1) is 0 Å². The summed E-state index contributed by atoms with van der Waals surface area (Å²) in [6.45, 7) is 0.493. The number of ether oxygens (including phenoxy) is 1. The van der Waals surface area contributed by atoms with Crippen LogP contribution in [0.1, 0.15) is 37.2 Å². The van der Waals surface area contributed by atoms with Crippen LogP contribution in [0.5, 0.6) is 0 Å². The molecule has 1 aliphatic rings. The van der Waals surface area contributed by atoms with Crippen molar-refractivity contribution >= 4 is 46.8 Å². The van der Waals surface area contributed by atoms with Crippen molar-refractivity contribution in [1.29, 1.82) is 0 Å². The van der Waals surface area contributed by atoms with Crippen LogP contribution in [0.25, 0.3) is 0 Å². The summed E-state index contributed by atoms with van der Waals surface area (Å²) in [5, 5.41) is 3.33. The number of amides is 2. The minimum Gasteiger partial charge on any atom is -0.465 e. The van der Waals surface area contributed by atoms with Crippen molar-refractivity contribution in [3.8, 4) is 0 Å². The van der Waals surface area contributed by atoms with Gasteiger partial charge in [-0.15, -0.1) is 11.8 Å². The van der Waals surface area contributed by atoms with E-state index in [4.69, 9.17) is 16.3 Å². The van der Waals surface area contributed by atoms with E-state index in [1.807, 2.05) is 41.3 Å². The zero-order valence-electron chi connectivity index (χ0n) is 17.8. The van der Waals surface area contributed by atoms with Gasteiger partial charge in [0.05, 0.1) is 18.4 Å². The fourth-order valence-electron chi connectivity index (χ4n) is 3.53. The third-order valence-electron chi connectivity index (χ3n) is 5.23. The number of hydrogen-bond acceptors (Lipinski definition) is 5. The Hall–Kier alpha value is -3.29. The van der Waals surface area contributed by atoms with Crippen molar-refractivity contribution in [1.82, 2.24) is 4.90 Å². The van der Waals surface area contributed by atoms with E-state index in [-0.39, 0.29) is 17.2 Å². The molecular weight excluding hydrogens is 460 g/mol. The van der Waals surface area contributed by atoms with Crippen molar-refractivity contribution in [3.05, 3.63) is 100 Å². The number of esters is 1. The van der Waals surface area contributed by atoms with Gasteiger partial charge in [-0.3, -0.25) is 9.59 Å². The van der Waals surface area contributed by atoms with Crippen molar-refractivity contribution in [2.45, 2.75) is 11.9 Å². The molecule has 33 heavy (non-hydrogen) atoms. The largest absolute Gasteiger partial charge is 0.465 e. The normalized spacial score (nSPS) is 15.4. The van der Waals surface area contributed by atoms with Gasteiger partial charge in [0.15, 0.2) is 0 Å². The Morgan fingerprint density at radius 2 is 1.79 bits per heavy atom. The Balaban J connectivity index is 1.46. The first-order valence-corrected chi connectivity index (χ1v) is 11.6. The quantitative estimate of drug-likeness (QED) is 0.493. The molecule has 3 aromatic rings. The van der Waals surface area contributed by atoms with Crippen molar-refractivity contribution in [2.24, 2.45) is 0 Å². The first-order chi connectivity index (χ1) is 15.9. The molecule has 0 aromatic heterocycles. The number of carbonyl (C=O) groups excluding carboxylic acids is 3. The van der Waals surface area contributed by atoms with Gasteiger partial charge in [-0.25, -0.2) is 4.79 Å². The summed E-state index contributed by atoms with van der Waals surface area (Å²) < 4.78 is 4.71. The smallest absolute Gasteiger partial charge is 0.337 e.